The fourth-order valence-electron chi connectivity index (χ4n) is 3.03. The number of hydrogen-bond donors (Lipinski definition) is 3. The Hall–Kier alpha value is -0.460. The Labute approximate surface area is 146 Å². The van der Waals surface area contributed by atoms with E-state index in [0.29, 0.717) is 6.61 Å². The number of unbranched alkanes of at least 4 members (excludes halogenated alkanes) is 8. The molecule has 0 radical (unpaired) electrons. The summed E-state index contributed by atoms with van der Waals surface area (Å²) in [6, 6.07) is 0. The highest BCUT2D eigenvalue weighted by atomic mass is 16.6. The Bertz CT molecular complexity index is 321. The fourth-order valence-corrected chi connectivity index (χ4v) is 3.03. The van der Waals surface area contributed by atoms with Gasteiger partial charge in [-0.15, -0.1) is 0 Å². The van der Waals surface area contributed by atoms with Crippen molar-refractivity contribution in [1.82, 2.24) is 0 Å². The third kappa shape index (κ3) is 8.58. The van der Waals surface area contributed by atoms with Crippen molar-refractivity contribution < 1.29 is 24.8 Å². The largest absolute Gasteiger partial charge is 0.394 e. The molecule has 1 heterocycles. The Morgan fingerprint density at radius 3 is 2.33 bits per heavy atom. The number of hydrogen-bond acceptors (Lipinski definition) is 5. The Morgan fingerprint density at radius 2 is 1.71 bits per heavy atom. The van der Waals surface area contributed by atoms with E-state index in [4.69, 9.17) is 14.6 Å². The van der Waals surface area contributed by atoms with Gasteiger partial charge in [0.25, 0.3) is 0 Å². The minimum absolute atomic E-state index is 0.274. The van der Waals surface area contributed by atoms with E-state index < -0.39 is 31.0 Å². The quantitative estimate of drug-likeness (QED) is 0.333. The molecule has 5 heteroatoms. The van der Waals surface area contributed by atoms with Crippen molar-refractivity contribution in [3.05, 3.63) is 12.2 Å². The van der Waals surface area contributed by atoms with Crippen LogP contribution < -0.4 is 0 Å². The molecule has 0 amide bonds. The van der Waals surface area contributed by atoms with Gasteiger partial charge in [0.2, 0.25) is 0 Å². The minimum atomic E-state index is -1.05. The van der Waals surface area contributed by atoms with E-state index in [1.54, 1.807) is 0 Å². The molecule has 142 valence electrons. The minimum Gasteiger partial charge on any atom is -0.394 e. The van der Waals surface area contributed by atoms with Gasteiger partial charge in [0.1, 0.15) is 24.4 Å². The summed E-state index contributed by atoms with van der Waals surface area (Å²) in [6.07, 6.45) is 12.4. The van der Waals surface area contributed by atoms with Crippen molar-refractivity contribution in [3.8, 4) is 0 Å². The summed E-state index contributed by atoms with van der Waals surface area (Å²) in [5, 5.41) is 28.4. The summed E-state index contributed by atoms with van der Waals surface area (Å²) < 4.78 is 10.9. The molecule has 0 aliphatic carbocycles. The molecule has 0 aromatic carbocycles. The predicted octanol–water partition coefficient (Wildman–Crippen LogP) is 2.57. The molecule has 4 atom stereocenters. The summed E-state index contributed by atoms with van der Waals surface area (Å²) in [4.78, 5) is 0. The second-order valence-electron chi connectivity index (χ2n) is 6.63. The van der Waals surface area contributed by atoms with Crippen LogP contribution in [0.2, 0.25) is 0 Å². The summed E-state index contributed by atoms with van der Waals surface area (Å²) in [7, 11) is 0. The molecule has 0 bridgehead atoms. The lowest BCUT2D eigenvalue weighted by molar-refractivity contribution is -0.0730. The van der Waals surface area contributed by atoms with E-state index in [1.165, 1.54) is 44.9 Å². The van der Waals surface area contributed by atoms with Gasteiger partial charge in [-0.2, -0.15) is 0 Å². The zero-order valence-electron chi connectivity index (χ0n) is 15.1. The first-order chi connectivity index (χ1) is 11.7. The highest BCUT2D eigenvalue weighted by Crippen LogP contribution is 2.20. The Balaban J connectivity index is 1.90. The lowest BCUT2D eigenvalue weighted by atomic mass is 10.1. The van der Waals surface area contributed by atoms with Crippen LogP contribution in [-0.2, 0) is 9.47 Å². The molecule has 0 spiro atoms. The van der Waals surface area contributed by atoms with Crippen molar-refractivity contribution in [3.63, 3.8) is 0 Å². The average molecular weight is 344 g/mol. The van der Waals surface area contributed by atoms with Crippen LogP contribution in [0.4, 0.5) is 0 Å². The van der Waals surface area contributed by atoms with Gasteiger partial charge in [-0.25, -0.2) is 0 Å². The van der Waals surface area contributed by atoms with E-state index in [0.717, 1.165) is 12.8 Å². The van der Waals surface area contributed by atoms with E-state index >= 15 is 0 Å². The van der Waals surface area contributed by atoms with Crippen molar-refractivity contribution in [2.75, 3.05) is 19.8 Å². The van der Waals surface area contributed by atoms with E-state index in [-0.39, 0.29) is 6.61 Å². The lowest BCUT2D eigenvalue weighted by Gasteiger charge is -2.20. The zero-order valence-corrected chi connectivity index (χ0v) is 15.1. The maximum atomic E-state index is 10.0. The Morgan fingerprint density at radius 1 is 1.08 bits per heavy atom. The van der Waals surface area contributed by atoms with E-state index in [2.05, 4.69) is 19.1 Å². The molecule has 1 saturated heterocycles. The van der Waals surface area contributed by atoms with Crippen molar-refractivity contribution in [2.24, 2.45) is 0 Å². The predicted molar refractivity (Wildman–Crippen MR) is 94.9 cm³/mol. The SMILES string of the molecule is C/C=C/CCCCCCCCCCO[C@@H]1CO[C@H]([C@@H](O)CO)[C@@H]1O. The monoisotopic (exact) mass is 344 g/mol. The highest BCUT2D eigenvalue weighted by molar-refractivity contribution is 4.88. The summed E-state index contributed by atoms with van der Waals surface area (Å²) >= 11 is 0. The zero-order chi connectivity index (χ0) is 17.6. The second kappa shape index (κ2) is 13.8. The van der Waals surface area contributed by atoms with Gasteiger partial charge in [-0.3, -0.25) is 0 Å². The van der Waals surface area contributed by atoms with Crippen LogP contribution in [0, 0.1) is 0 Å². The summed E-state index contributed by atoms with van der Waals surface area (Å²) in [6.45, 7) is 2.54. The first kappa shape index (κ1) is 21.6. The number of rotatable bonds is 14. The molecule has 24 heavy (non-hydrogen) atoms. The van der Waals surface area contributed by atoms with E-state index in [1.807, 2.05) is 0 Å². The number of ether oxygens (including phenoxy) is 2. The topological polar surface area (TPSA) is 79.2 Å². The second-order valence-corrected chi connectivity index (χ2v) is 6.63. The highest BCUT2D eigenvalue weighted by Gasteiger charge is 2.40. The van der Waals surface area contributed by atoms with Crippen LogP contribution >= 0.6 is 0 Å². The molecule has 1 aliphatic heterocycles. The first-order valence-corrected chi connectivity index (χ1v) is 9.52. The molecule has 1 aliphatic rings. The van der Waals surface area contributed by atoms with Crippen LogP contribution in [0.5, 0.6) is 0 Å². The van der Waals surface area contributed by atoms with Crippen LogP contribution in [0.1, 0.15) is 64.7 Å². The maximum absolute atomic E-state index is 10.0. The van der Waals surface area contributed by atoms with E-state index in [9.17, 15) is 10.2 Å². The van der Waals surface area contributed by atoms with Gasteiger partial charge in [0.05, 0.1) is 13.2 Å². The summed E-state index contributed by atoms with van der Waals surface area (Å²) in [5.74, 6) is 0. The molecule has 0 aromatic rings. The van der Waals surface area contributed by atoms with Crippen LogP contribution in [0.3, 0.4) is 0 Å². The normalized spacial score (nSPS) is 25.6. The average Bonchev–Trinajstić information content (AvgIpc) is 2.96. The third-order valence-corrected chi connectivity index (χ3v) is 4.57. The summed E-state index contributed by atoms with van der Waals surface area (Å²) in [5.41, 5.74) is 0. The van der Waals surface area contributed by atoms with Gasteiger partial charge < -0.3 is 24.8 Å². The van der Waals surface area contributed by atoms with Gasteiger partial charge in [0.15, 0.2) is 0 Å². The van der Waals surface area contributed by atoms with Gasteiger partial charge in [0, 0.05) is 6.61 Å². The molecule has 0 saturated carbocycles. The maximum Gasteiger partial charge on any atom is 0.114 e. The van der Waals surface area contributed by atoms with Gasteiger partial charge >= 0.3 is 0 Å². The van der Waals surface area contributed by atoms with Crippen LogP contribution in [-0.4, -0.2) is 59.6 Å². The Kier molecular flexibility index (Phi) is 12.4. The molecular formula is C19H36O5. The van der Waals surface area contributed by atoms with Crippen molar-refractivity contribution >= 4 is 0 Å². The first-order valence-electron chi connectivity index (χ1n) is 9.52. The van der Waals surface area contributed by atoms with Crippen LogP contribution in [0.15, 0.2) is 12.2 Å². The van der Waals surface area contributed by atoms with Crippen molar-refractivity contribution in [1.29, 1.82) is 0 Å². The van der Waals surface area contributed by atoms with Gasteiger partial charge in [-0.05, 0) is 26.2 Å². The van der Waals surface area contributed by atoms with Gasteiger partial charge in [-0.1, -0.05) is 50.7 Å². The molecule has 1 fully saturated rings. The molecule has 3 N–H and O–H groups in total. The lowest BCUT2D eigenvalue weighted by Crippen LogP contribution is -2.41. The molecule has 1 rings (SSSR count). The number of aliphatic hydroxyl groups excluding tert-OH is 3. The molecule has 0 aromatic heterocycles. The molecule has 5 nitrogen and oxygen atoms in total. The van der Waals surface area contributed by atoms with Crippen LogP contribution in [0.25, 0.3) is 0 Å². The third-order valence-electron chi connectivity index (χ3n) is 4.57. The fraction of sp³-hybridized carbons (Fsp3) is 0.895. The van der Waals surface area contributed by atoms with Crippen molar-refractivity contribution in [2.45, 2.75) is 89.1 Å². The number of allylic oxidation sites excluding steroid dienone is 2. The standard InChI is InChI=1S/C19H36O5/c1-2-3-4-5-6-7-8-9-10-11-12-13-23-17-15-24-19(18(17)22)16(21)14-20/h2-3,16-22H,4-15H2,1H3/b3-2+/t16-,17+,18+,19+/m0/s1. The smallest absolute Gasteiger partial charge is 0.114 e. The molecular weight excluding hydrogens is 308 g/mol. The molecule has 0 unspecified atom stereocenters. The number of aliphatic hydroxyl groups is 3.